The lowest BCUT2D eigenvalue weighted by molar-refractivity contribution is 0.101. The number of nitrogens with one attached hydrogen (secondary N) is 1. The average molecular weight is 247 g/mol. The first kappa shape index (κ1) is 11.7. The van der Waals surface area contributed by atoms with Gasteiger partial charge >= 0.3 is 0 Å². The Morgan fingerprint density at radius 3 is 2.76 bits per heavy atom. The van der Waals surface area contributed by atoms with Gasteiger partial charge in [-0.05, 0) is 43.1 Å². The lowest BCUT2D eigenvalue weighted by Gasteiger charge is -2.05. The minimum atomic E-state index is 0.0495. The summed E-state index contributed by atoms with van der Waals surface area (Å²) < 4.78 is 4.20. The minimum Gasteiger partial charge on any atom is -0.371 e. The predicted molar refractivity (Wildman–Crippen MR) is 68.4 cm³/mol. The van der Waals surface area contributed by atoms with Gasteiger partial charge < -0.3 is 5.32 Å². The van der Waals surface area contributed by atoms with Crippen LogP contribution in [0.15, 0.2) is 24.5 Å². The summed E-state index contributed by atoms with van der Waals surface area (Å²) in [6.07, 6.45) is 3.50. The van der Waals surface area contributed by atoms with E-state index < -0.39 is 0 Å². The number of nitrogens with zero attached hydrogens (tertiary/aromatic N) is 2. The molecular formula is C12H13N3OS. The topological polar surface area (TPSA) is 54.9 Å². The van der Waals surface area contributed by atoms with Gasteiger partial charge in [0.05, 0.1) is 11.3 Å². The molecule has 2 rings (SSSR count). The van der Waals surface area contributed by atoms with Crippen molar-refractivity contribution in [2.75, 3.05) is 5.32 Å². The van der Waals surface area contributed by atoms with Crippen molar-refractivity contribution in [3.63, 3.8) is 0 Å². The zero-order valence-electron chi connectivity index (χ0n) is 9.73. The molecule has 5 heteroatoms. The summed E-state index contributed by atoms with van der Waals surface area (Å²) >= 11 is 1.33. The van der Waals surface area contributed by atoms with Crippen molar-refractivity contribution in [1.29, 1.82) is 0 Å². The summed E-state index contributed by atoms with van der Waals surface area (Å²) in [5.74, 6) is 0.0495. The molecule has 88 valence electrons. The Balaban J connectivity index is 2.12. The zero-order chi connectivity index (χ0) is 12.3. The van der Waals surface area contributed by atoms with E-state index in [9.17, 15) is 4.79 Å². The maximum absolute atomic E-state index is 11.5. The minimum absolute atomic E-state index is 0.0495. The van der Waals surface area contributed by atoms with E-state index in [4.69, 9.17) is 0 Å². The quantitative estimate of drug-likeness (QED) is 0.844. The second-order valence-electron chi connectivity index (χ2n) is 3.74. The summed E-state index contributed by atoms with van der Waals surface area (Å²) in [6, 6.07) is 3.88. The Bertz CT molecular complexity index is 522. The fourth-order valence-electron chi connectivity index (χ4n) is 1.59. The highest BCUT2D eigenvalue weighted by Crippen LogP contribution is 2.25. The van der Waals surface area contributed by atoms with Crippen LogP contribution in [0.2, 0.25) is 0 Å². The molecule has 0 unspecified atom stereocenters. The van der Waals surface area contributed by atoms with Gasteiger partial charge in [-0.3, -0.25) is 9.78 Å². The lowest BCUT2D eigenvalue weighted by Crippen LogP contribution is -2.03. The maximum Gasteiger partial charge on any atom is 0.164 e. The highest BCUT2D eigenvalue weighted by Gasteiger charge is 2.14. The number of pyridine rings is 1. The number of rotatable bonds is 4. The van der Waals surface area contributed by atoms with Gasteiger partial charge in [-0.1, -0.05) is 0 Å². The van der Waals surface area contributed by atoms with Crippen LogP contribution >= 0.6 is 11.5 Å². The van der Waals surface area contributed by atoms with Gasteiger partial charge in [0.1, 0.15) is 5.00 Å². The second-order valence-corrected chi connectivity index (χ2v) is 4.51. The van der Waals surface area contributed by atoms with Crippen molar-refractivity contribution < 1.29 is 4.79 Å². The van der Waals surface area contributed by atoms with E-state index in [1.165, 1.54) is 11.5 Å². The Labute approximate surface area is 104 Å². The Kier molecular flexibility index (Phi) is 3.49. The normalized spacial score (nSPS) is 10.2. The SMILES string of the molecule is CC(=O)c1c(C)nsc1NCc1ccncc1. The monoisotopic (exact) mass is 247 g/mol. The predicted octanol–water partition coefficient (Wildman–Crippen LogP) is 2.66. The van der Waals surface area contributed by atoms with Crippen LogP contribution < -0.4 is 5.32 Å². The van der Waals surface area contributed by atoms with E-state index in [0.717, 1.165) is 16.3 Å². The molecule has 2 aromatic heterocycles. The maximum atomic E-state index is 11.5. The summed E-state index contributed by atoms with van der Waals surface area (Å²) in [7, 11) is 0. The molecule has 2 aromatic rings. The van der Waals surface area contributed by atoms with Crippen LogP contribution in [0.1, 0.15) is 28.5 Å². The summed E-state index contributed by atoms with van der Waals surface area (Å²) in [5.41, 5.74) is 2.62. The first-order valence-electron chi connectivity index (χ1n) is 5.28. The van der Waals surface area contributed by atoms with Crippen molar-refractivity contribution in [3.05, 3.63) is 41.3 Å². The molecule has 1 N–H and O–H groups in total. The van der Waals surface area contributed by atoms with E-state index >= 15 is 0 Å². The van der Waals surface area contributed by atoms with Gasteiger partial charge in [-0.25, -0.2) is 0 Å². The van der Waals surface area contributed by atoms with Crippen LogP contribution in [-0.4, -0.2) is 15.1 Å². The van der Waals surface area contributed by atoms with Crippen molar-refractivity contribution in [2.24, 2.45) is 0 Å². The van der Waals surface area contributed by atoms with Crippen LogP contribution in [-0.2, 0) is 6.54 Å². The molecule has 0 bridgehead atoms. The van der Waals surface area contributed by atoms with Crippen LogP contribution in [0.25, 0.3) is 0 Å². The first-order valence-corrected chi connectivity index (χ1v) is 6.06. The smallest absolute Gasteiger partial charge is 0.164 e. The van der Waals surface area contributed by atoms with Crippen LogP contribution in [0.5, 0.6) is 0 Å². The summed E-state index contributed by atoms with van der Waals surface area (Å²) in [6.45, 7) is 4.09. The molecule has 0 amide bonds. The third kappa shape index (κ3) is 2.68. The molecule has 0 saturated carbocycles. The van der Waals surface area contributed by atoms with Gasteiger partial charge in [0.15, 0.2) is 5.78 Å². The van der Waals surface area contributed by atoms with Gasteiger partial charge in [-0.2, -0.15) is 4.37 Å². The molecule has 17 heavy (non-hydrogen) atoms. The fourth-order valence-corrected chi connectivity index (χ4v) is 2.43. The molecule has 0 saturated heterocycles. The van der Waals surface area contributed by atoms with Crippen molar-refractivity contribution >= 4 is 22.3 Å². The highest BCUT2D eigenvalue weighted by molar-refractivity contribution is 7.10. The first-order chi connectivity index (χ1) is 8.18. The fraction of sp³-hybridized carbons (Fsp3) is 0.250. The lowest BCUT2D eigenvalue weighted by atomic mass is 10.2. The zero-order valence-corrected chi connectivity index (χ0v) is 10.5. The largest absolute Gasteiger partial charge is 0.371 e. The molecule has 0 aliphatic heterocycles. The molecule has 0 spiro atoms. The Morgan fingerprint density at radius 1 is 1.41 bits per heavy atom. The number of anilines is 1. The number of carbonyl (C=O) groups excluding carboxylic acids is 1. The van der Waals surface area contributed by atoms with Crippen molar-refractivity contribution in [1.82, 2.24) is 9.36 Å². The third-order valence-corrected chi connectivity index (χ3v) is 3.31. The third-order valence-electron chi connectivity index (χ3n) is 2.42. The number of hydrogen-bond acceptors (Lipinski definition) is 5. The van der Waals surface area contributed by atoms with Crippen LogP contribution in [0, 0.1) is 6.92 Å². The molecule has 0 atom stereocenters. The number of carbonyl (C=O) groups is 1. The molecule has 0 fully saturated rings. The van der Waals surface area contributed by atoms with E-state index in [2.05, 4.69) is 14.7 Å². The Hall–Kier alpha value is -1.75. The van der Waals surface area contributed by atoms with Gasteiger partial charge in [0.2, 0.25) is 0 Å². The Morgan fingerprint density at radius 2 is 2.12 bits per heavy atom. The number of hydrogen-bond donors (Lipinski definition) is 1. The molecule has 0 aromatic carbocycles. The standard InChI is InChI=1S/C12H13N3OS/c1-8-11(9(2)16)12(17-15-8)14-7-10-3-5-13-6-4-10/h3-6,14H,7H2,1-2H3. The van der Waals surface area contributed by atoms with Crippen LogP contribution in [0.4, 0.5) is 5.00 Å². The molecule has 2 heterocycles. The summed E-state index contributed by atoms with van der Waals surface area (Å²) in [4.78, 5) is 15.4. The van der Waals surface area contributed by atoms with E-state index in [1.54, 1.807) is 19.3 Å². The molecule has 0 aliphatic carbocycles. The summed E-state index contributed by atoms with van der Waals surface area (Å²) in [5, 5.41) is 4.08. The number of ketones is 1. The number of aryl methyl sites for hydroxylation is 1. The number of Topliss-reactive ketones (excluding diaryl/α,β-unsaturated/α-hetero) is 1. The molecule has 0 radical (unpaired) electrons. The molecular weight excluding hydrogens is 234 g/mol. The van der Waals surface area contributed by atoms with E-state index in [-0.39, 0.29) is 5.78 Å². The van der Waals surface area contributed by atoms with Gasteiger partial charge in [-0.15, -0.1) is 0 Å². The van der Waals surface area contributed by atoms with E-state index in [1.807, 2.05) is 19.1 Å². The van der Waals surface area contributed by atoms with E-state index in [0.29, 0.717) is 12.1 Å². The van der Waals surface area contributed by atoms with Crippen LogP contribution in [0.3, 0.4) is 0 Å². The number of aromatic nitrogens is 2. The van der Waals surface area contributed by atoms with Crippen molar-refractivity contribution in [3.8, 4) is 0 Å². The van der Waals surface area contributed by atoms with Crippen molar-refractivity contribution in [2.45, 2.75) is 20.4 Å². The molecule has 4 nitrogen and oxygen atoms in total. The average Bonchev–Trinajstić information content (AvgIpc) is 2.69. The van der Waals surface area contributed by atoms with Gasteiger partial charge in [0.25, 0.3) is 0 Å². The molecule has 0 aliphatic rings. The second kappa shape index (κ2) is 5.05. The van der Waals surface area contributed by atoms with Gasteiger partial charge in [0, 0.05) is 18.9 Å². The highest BCUT2D eigenvalue weighted by atomic mass is 32.1.